The first kappa shape index (κ1) is 9.12. The Bertz CT molecular complexity index is 440. The lowest BCUT2D eigenvalue weighted by Crippen LogP contribution is -2.34. The van der Waals surface area contributed by atoms with Gasteiger partial charge in [-0.2, -0.15) is 0 Å². The average molecular weight is 219 g/mol. The Kier molecular flexibility index (Phi) is 2.11. The summed E-state index contributed by atoms with van der Waals surface area (Å²) in [5.74, 6) is 0.597. The number of nitrogens with two attached hydrogens (primary N) is 1. The van der Waals surface area contributed by atoms with Crippen molar-refractivity contribution >= 4 is 11.3 Å². The third-order valence-electron chi connectivity index (χ3n) is 2.94. The first-order chi connectivity index (χ1) is 7.33. The van der Waals surface area contributed by atoms with Gasteiger partial charge in [0.15, 0.2) is 0 Å². The van der Waals surface area contributed by atoms with Crippen LogP contribution in [-0.2, 0) is 0 Å². The number of aromatic nitrogens is 2. The normalized spacial score (nSPS) is 25.1. The molecule has 0 radical (unpaired) electrons. The van der Waals surface area contributed by atoms with Crippen LogP contribution in [0, 0.1) is 0 Å². The molecule has 0 spiro atoms. The van der Waals surface area contributed by atoms with Crippen molar-refractivity contribution in [2.75, 3.05) is 0 Å². The fraction of sp³-hybridized carbons (Fsp3) is 0.364. The van der Waals surface area contributed by atoms with Crippen LogP contribution in [0.5, 0.6) is 0 Å². The van der Waals surface area contributed by atoms with Crippen molar-refractivity contribution in [3.63, 3.8) is 0 Å². The minimum atomic E-state index is 0.394. The molecule has 0 unspecified atom stereocenters. The van der Waals surface area contributed by atoms with E-state index in [1.807, 2.05) is 12.3 Å². The van der Waals surface area contributed by atoms with Gasteiger partial charge in [-0.25, -0.2) is 4.98 Å². The van der Waals surface area contributed by atoms with Gasteiger partial charge in [0, 0.05) is 23.5 Å². The number of H-pyrrole nitrogens is 1. The smallest absolute Gasteiger partial charge is 0.139 e. The maximum atomic E-state index is 5.78. The zero-order valence-electron chi connectivity index (χ0n) is 8.31. The predicted octanol–water partition coefficient (Wildman–Crippen LogP) is 2.34. The Labute approximate surface area is 92.4 Å². The molecule has 0 aliphatic heterocycles. The minimum Gasteiger partial charge on any atom is -0.359 e. The number of nitrogens with zero attached hydrogens (tertiary/aromatic N) is 1. The Morgan fingerprint density at radius 3 is 3.00 bits per heavy atom. The van der Waals surface area contributed by atoms with Crippen LogP contribution in [0.4, 0.5) is 0 Å². The summed E-state index contributed by atoms with van der Waals surface area (Å²) in [5, 5.41) is 3.24. The van der Waals surface area contributed by atoms with Crippen LogP contribution in [-0.4, -0.2) is 16.0 Å². The largest absolute Gasteiger partial charge is 0.359 e. The lowest BCUT2D eigenvalue weighted by atomic mass is 9.79. The summed E-state index contributed by atoms with van der Waals surface area (Å²) in [7, 11) is 0. The standard InChI is InChI=1S/C11H13N3S/c12-8-4-7(5-8)10-6-15-11(14-10)9-2-1-3-13-9/h1-3,6-8,13H,4-5,12H2. The number of hydrogen-bond donors (Lipinski definition) is 2. The zero-order valence-corrected chi connectivity index (χ0v) is 9.13. The van der Waals surface area contributed by atoms with Gasteiger partial charge in [-0.15, -0.1) is 11.3 Å². The van der Waals surface area contributed by atoms with Crippen LogP contribution in [0.15, 0.2) is 23.7 Å². The van der Waals surface area contributed by atoms with Crippen LogP contribution >= 0.6 is 11.3 Å². The Balaban J connectivity index is 1.82. The molecule has 78 valence electrons. The van der Waals surface area contributed by atoms with Crippen molar-refractivity contribution in [2.45, 2.75) is 24.8 Å². The van der Waals surface area contributed by atoms with Crippen molar-refractivity contribution in [3.05, 3.63) is 29.4 Å². The van der Waals surface area contributed by atoms with E-state index in [0.29, 0.717) is 12.0 Å². The van der Waals surface area contributed by atoms with E-state index in [9.17, 15) is 0 Å². The molecule has 3 N–H and O–H groups in total. The van der Waals surface area contributed by atoms with Gasteiger partial charge in [0.1, 0.15) is 5.01 Å². The molecule has 1 fully saturated rings. The molecule has 0 saturated heterocycles. The van der Waals surface area contributed by atoms with Crippen LogP contribution in [0.2, 0.25) is 0 Å². The van der Waals surface area contributed by atoms with Gasteiger partial charge in [-0.05, 0) is 25.0 Å². The second-order valence-electron chi connectivity index (χ2n) is 4.09. The fourth-order valence-corrected chi connectivity index (χ4v) is 2.85. The monoisotopic (exact) mass is 219 g/mol. The molecule has 3 nitrogen and oxygen atoms in total. The van der Waals surface area contributed by atoms with E-state index >= 15 is 0 Å². The third kappa shape index (κ3) is 1.60. The maximum absolute atomic E-state index is 5.78. The van der Waals surface area contributed by atoms with E-state index < -0.39 is 0 Å². The van der Waals surface area contributed by atoms with Crippen molar-refractivity contribution in [3.8, 4) is 10.7 Å². The fourth-order valence-electron chi connectivity index (χ4n) is 1.96. The molecule has 2 aromatic heterocycles. The zero-order chi connectivity index (χ0) is 10.3. The van der Waals surface area contributed by atoms with E-state index in [1.54, 1.807) is 11.3 Å². The van der Waals surface area contributed by atoms with E-state index in [1.165, 1.54) is 5.69 Å². The van der Waals surface area contributed by atoms with Crippen LogP contribution in [0.3, 0.4) is 0 Å². The highest BCUT2D eigenvalue weighted by molar-refractivity contribution is 7.13. The summed E-state index contributed by atoms with van der Waals surface area (Å²) < 4.78 is 0. The predicted molar refractivity (Wildman–Crippen MR) is 61.9 cm³/mol. The highest BCUT2D eigenvalue weighted by atomic mass is 32.1. The first-order valence-electron chi connectivity index (χ1n) is 5.17. The van der Waals surface area contributed by atoms with Crippen molar-refractivity contribution in [2.24, 2.45) is 5.73 Å². The molecule has 0 bridgehead atoms. The maximum Gasteiger partial charge on any atom is 0.139 e. The van der Waals surface area contributed by atoms with Gasteiger partial charge >= 0.3 is 0 Å². The molecular formula is C11H13N3S. The Morgan fingerprint density at radius 2 is 2.33 bits per heavy atom. The van der Waals surface area contributed by atoms with Crippen LogP contribution < -0.4 is 5.73 Å². The van der Waals surface area contributed by atoms with E-state index in [4.69, 9.17) is 5.73 Å². The molecule has 4 heteroatoms. The van der Waals surface area contributed by atoms with E-state index in [0.717, 1.165) is 23.5 Å². The molecule has 1 aliphatic rings. The molecule has 2 heterocycles. The van der Waals surface area contributed by atoms with Gasteiger partial charge in [-0.1, -0.05) is 0 Å². The first-order valence-corrected chi connectivity index (χ1v) is 6.05. The molecule has 0 amide bonds. The number of rotatable bonds is 2. The molecular weight excluding hydrogens is 206 g/mol. The molecule has 0 atom stereocenters. The summed E-state index contributed by atoms with van der Waals surface area (Å²) in [6.45, 7) is 0. The second kappa shape index (κ2) is 3.47. The van der Waals surface area contributed by atoms with E-state index in [2.05, 4.69) is 21.4 Å². The molecule has 0 aromatic carbocycles. The van der Waals surface area contributed by atoms with Gasteiger partial charge in [0.2, 0.25) is 0 Å². The number of nitrogens with one attached hydrogen (secondary N) is 1. The number of aromatic amines is 1. The molecule has 2 aromatic rings. The Hall–Kier alpha value is -1.13. The van der Waals surface area contributed by atoms with Crippen molar-refractivity contribution in [1.82, 2.24) is 9.97 Å². The molecule has 3 rings (SSSR count). The molecule has 1 saturated carbocycles. The van der Waals surface area contributed by atoms with Crippen molar-refractivity contribution < 1.29 is 0 Å². The highest BCUT2D eigenvalue weighted by Crippen LogP contribution is 2.37. The van der Waals surface area contributed by atoms with Gasteiger partial charge in [-0.3, -0.25) is 0 Å². The minimum absolute atomic E-state index is 0.394. The van der Waals surface area contributed by atoms with Crippen LogP contribution in [0.25, 0.3) is 10.7 Å². The average Bonchev–Trinajstić information content (AvgIpc) is 2.83. The summed E-state index contributed by atoms with van der Waals surface area (Å²) in [4.78, 5) is 7.81. The SMILES string of the molecule is NC1CC(c2csc(-c3ccc[nH]3)n2)C1. The number of hydrogen-bond acceptors (Lipinski definition) is 3. The lowest BCUT2D eigenvalue weighted by Gasteiger charge is -2.30. The van der Waals surface area contributed by atoms with Crippen LogP contribution in [0.1, 0.15) is 24.5 Å². The van der Waals surface area contributed by atoms with Gasteiger partial charge in [0.05, 0.1) is 11.4 Å². The quantitative estimate of drug-likeness (QED) is 0.814. The summed E-state index contributed by atoms with van der Waals surface area (Å²) in [6.07, 6.45) is 4.11. The van der Waals surface area contributed by atoms with Crippen molar-refractivity contribution in [1.29, 1.82) is 0 Å². The summed E-state index contributed by atoms with van der Waals surface area (Å²) >= 11 is 1.70. The Morgan fingerprint density at radius 1 is 1.47 bits per heavy atom. The van der Waals surface area contributed by atoms with E-state index in [-0.39, 0.29) is 0 Å². The van der Waals surface area contributed by atoms with Gasteiger partial charge in [0.25, 0.3) is 0 Å². The highest BCUT2D eigenvalue weighted by Gasteiger charge is 2.29. The molecule has 1 aliphatic carbocycles. The topological polar surface area (TPSA) is 54.7 Å². The summed E-state index contributed by atoms with van der Waals surface area (Å²) in [6, 6.07) is 4.44. The lowest BCUT2D eigenvalue weighted by molar-refractivity contribution is 0.346. The van der Waals surface area contributed by atoms with Gasteiger partial charge < -0.3 is 10.7 Å². The third-order valence-corrected chi connectivity index (χ3v) is 3.84. The summed E-state index contributed by atoms with van der Waals surface area (Å²) in [5.41, 5.74) is 8.10. The second-order valence-corrected chi connectivity index (χ2v) is 4.95. The number of thiazole rings is 1. The molecule has 15 heavy (non-hydrogen) atoms.